The van der Waals surface area contributed by atoms with Crippen molar-refractivity contribution >= 4 is 0 Å². The Labute approximate surface area is 95.5 Å². The molecule has 0 aliphatic heterocycles. The van der Waals surface area contributed by atoms with Gasteiger partial charge in [0.15, 0.2) is 6.61 Å². The summed E-state index contributed by atoms with van der Waals surface area (Å²) in [5, 5.41) is 0. The second kappa shape index (κ2) is 12.0. The molecule has 0 N–H and O–H groups in total. The van der Waals surface area contributed by atoms with E-state index in [4.69, 9.17) is 0 Å². The van der Waals surface area contributed by atoms with Gasteiger partial charge in [0.05, 0.1) is 0 Å². The fraction of sp³-hybridized carbons (Fsp3) is 0.818. The number of unbranched alkanes of at least 4 members (excludes halogenated alkanes) is 7. The third-order valence-corrected chi connectivity index (χ3v) is 2.55. The lowest BCUT2D eigenvalue weighted by Gasteiger charge is -1.99. The van der Waals surface area contributed by atoms with Crippen molar-refractivity contribution in [3.8, 4) is 0 Å². The molecule has 0 saturated carbocycles. The van der Waals surface area contributed by atoms with Gasteiger partial charge in [0.25, 0.3) is 10.8 Å². The Morgan fingerprint density at radius 2 is 1.47 bits per heavy atom. The van der Waals surface area contributed by atoms with E-state index in [1.54, 1.807) is 0 Å². The minimum Gasteiger partial charge on any atom is -0.320 e. The fourth-order valence-corrected chi connectivity index (χ4v) is 1.63. The first-order valence-corrected chi connectivity index (χ1v) is 6.49. The summed E-state index contributed by atoms with van der Waals surface area (Å²) in [5.74, 6) is 0. The maximum absolute atomic E-state index is 9.97. The van der Waals surface area contributed by atoms with Crippen molar-refractivity contribution in [2.24, 2.45) is 0 Å². The molecule has 0 amide bonds. The Balaban J connectivity index is 2.89. The molecular formula is C11H21ClO3. The third-order valence-electron chi connectivity index (χ3n) is 2.22. The van der Waals surface area contributed by atoms with E-state index < -0.39 is 10.8 Å². The summed E-state index contributed by atoms with van der Waals surface area (Å²) >= 11 is 0. The molecule has 0 aliphatic rings. The quantitative estimate of drug-likeness (QED) is 0.403. The van der Waals surface area contributed by atoms with Crippen molar-refractivity contribution in [1.29, 1.82) is 0 Å². The monoisotopic (exact) mass is 236 g/mol. The SMILES string of the molecule is C=CCCCCCCCCCO[Cl+2]([O-])[O-]. The minimum absolute atomic E-state index is 0.310. The minimum atomic E-state index is -2.03. The van der Waals surface area contributed by atoms with Crippen molar-refractivity contribution in [2.75, 3.05) is 6.61 Å². The first-order chi connectivity index (χ1) is 7.27. The van der Waals surface area contributed by atoms with Crippen LogP contribution in [0.1, 0.15) is 51.4 Å². The van der Waals surface area contributed by atoms with Gasteiger partial charge in [0.1, 0.15) is 0 Å². The highest BCUT2D eigenvalue weighted by atomic mass is 35.6. The van der Waals surface area contributed by atoms with Crippen LogP contribution in [0, 0.1) is 10.8 Å². The van der Waals surface area contributed by atoms with Crippen LogP contribution < -0.4 is 9.32 Å². The van der Waals surface area contributed by atoms with Gasteiger partial charge in [0, 0.05) is 4.29 Å². The second-order valence-electron chi connectivity index (χ2n) is 3.55. The molecule has 0 aromatic rings. The van der Waals surface area contributed by atoms with E-state index in [1.807, 2.05) is 6.08 Å². The van der Waals surface area contributed by atoms with Crippen LogP contribution in [0.2, 0.25) is 0 Å². The van der Waals surface area contributed by atoms with Crippen molar-refractivity contribution in [3.63, 3.8) is 0 Å². The van der Waals surface area contributed by atoms with E-state index in [-0.39, 0.29) is 0 Å². The zero-order valence-electron chi connectivity index (χ0n) is 9.25. The molecule has 0 spiro atoms. The zero-order chi connectivity index (χ0) is 11.4. The predicted octanol–water partition coefficient (Wildman–Crippen LogP) is 1.40. The molecule has 0 fully saturated rings. The van der Waals surface area contributed by atoms with E-state index in [0.717, 1.165) is 19.3 Å². The largest absolute Gasteiger partial charge is 0.320 e. The van der Waals surface area contributed by atoms with Crippen LogP contribution in [-0.4, -0.2) is 6.61 Å². The van der Waals surface area contributed by atoms with E-state index in [1.165, 1.54) is 32.1 Å². The molecule has 90 valence electrons. The van der Waals surface area contributed by atoms with Crippen molar-refractivity contribution in [1.82, 2.24) is 0 Å². The first-order valence-electron chi connectivity index (χ1n) is 5.57. The molecule has 0 aromatic carbocycles. The number of rotatable bonds is 11. The summed E-state index contributed by atoms with van der Waals surface area (Å²) in [5.41, 5.74) is 0. The molecule has 0 aliphatic carbocycles. The molecule has 0 rings (SSSR count). The highest BCUT2D eigenvalue weighted by molar-refractivity contribution is 4.65. The highest BCUT2D eigenvalue weighted by Crippen LogP contribution is 2.08. The smallest absolute Gasteiger partial charge is 0.285 e. The van der Waals surface area contributed by atoms with Gasteiger partial charge >= 0.3 is 0 Å². The second-order valence-corrected chi connectivity index (χ2v) is 4.15. The number of hydrogen-bond donors (Lipinski definition) is 0. The lowest BCUT2D eigenvalue weighted by atomic mass is 10.1. The molecule has 15 heavy (non-hydrogen) atoms. The number of allylic oxidation sites excluding steroid dienone is 1. The molecule has 0 bridgehead atoms. The summed E-state index contributed by atoms with van der Waals surface area (Å²) in [7, 11) is -2.03. The fourth-order valence-electron chi connectivity index (χ4n) is 1.39. The van der Waals surface area contributed by atoms with Crippen LogP contribution in [0.15, 0.2) is 12.7 Å². The highest BCUT2D eigenvalue weighted by Gasteiger charge is 2.04. The van der Waals surface area contributed by atoms with Gasteiger partial charge in [-0.15, -0.1) is 6.58 Å². The van der Waals surface area contributed by atoms with Crippen LogP contribution in [0.5, 0.6) is 0 Å². The molecule has 0 aromatic heterocycles. The maximum Gasteiger partial charge on any atom is 0.285 e. The Morgan fingerprint density at radius 1 is 0.933 bits per heavy atom. The van der Waals surface area contributed by atoms with E-state index >= 15 is 0 Å². The van der Waals surface area contributed by atoms with E-state index in [9.17, 15) is 9.32 Å². The van der Waals surface area contributed by atoms with Gasteiger partial charge in [0.2, 0.25) is 0 Å². The zero-order valence-corrected chi connectivity index (χ0v) is 10.0. The Morgan fingerprint density at radius 3 is 2.00 bits per heavy atom. The van der Waals surface area contributed by atoms with Crippen LogP contribution in [-0.2, 0) is 4.29 Å². The molecule has 0 atom stereocenters. The summed E-state index contributed by atoms with van der Waals surface area (Å²) in [6, 6.07) is 0. The van der Waals surface area contributed by atoms with Gasteiger partial charge in [-0.25, -0.2) is 0 Å². The molecule has 0 unspecified atom stereocenters. The first kappa shape index (κ1) is 14.9. The standard InChI is InChI=1S/C11H21ClO3/c1-2-3-4-5-6-7-8-9-10-11-15-12(13)14/h2H,1,3-11H2. The van der Waals surface area contributed by atoms with Crippen LogP contribution in [0.3, 0.4) is 0 Å². The van der Waals surface area contributed by atoms with Crippen LogP contribution in [0.4, 0.5) is 0 Å². The van der Waals surface area contributed by atoms with Gasteiger partial charge in [-0.05, 0) is 19.3 Å². The van der Waals surface area contributed by atoms with Crippen molar-refractivity contribution in [3.05, 3.63) is 12.7 Å². The van der Waals surface area contributed by atoms with Gasteiger partial charge in [-0.2, -0.15) is 0 Å². The van der Waals surface area contributed by atoms with Crippen molar-refractivity contribution in [2.45, 2.75) is 51.4 Å². The molecule has 0 heterocycles. The van der Waals surface area contributed by atoms with Crippen LogP contribution >= 0.6 is 0 Å². The van der Waals surface area contributed by atoms with Crippen LogP contribution in [0.25, 0.3) is 0 Å². The summed E-state index contributed by atoms with van der Waals surface area (Å²) in [6.45, 7) is 3.99. The molecule has 0 saturated heterocycles. The number of hydrogen-bond acceptors (Lipinski definition) is 3. The van der Waals surface area contributed by atoms with E-state index in [2.05, 4.69) is 10.9 Å². The molecule has 4 heteroatoms. The molecule has 0 radical (unpaired) electrons. The average Bonchev–Trinajstić information content (AvgIpc) is 2.20. The lowest BCUT2D eigenvalue weighted by Crippen LogP contribution is -2.34. The van der Waals surface area contributed by atoms with Gasteiger partial charge in [-0.1, -0.05) is 38.2 Å². The number of halogens is 1. The van der Waals surface area contributed by atoms with Crippen molar-refractivity contribution < 1.29 is 24.4 Å². The Kier molecular flexibility index (Phi) is 11.9. The Bertz CT molecular complexity index is 140. The lowest BCUT2D eigenvalue weighted by molar-refractivity contribution is -1.63. The summed E-state index contributed by atoms with van der Waals surface area (Å²) < 4.78 is 24.3. The summed E-state index contributed by atoms with van der Waals surface area (Å²) in [6.07, 6.45) is 11.1. The summed E-state index contributed by atoms with van der Waals surface area (Å²) in [4.78, 5) is 0. The topological polar surface area (TPSA) is 55.3 Å². The molecule has 3 nitrogen and oxygen atoms in total. The van der Waals surface area contributed by atoms with E-state index in [0.29, 0.717) is 6.61 Å². The maximum atomic E-state index is 9.97. The predicted molar refractivity (Wildman–Crippen MR) is 53.1 cm³/mol. The normalized spacial score (nSPS) is 10.9. The molecular weight excluding hydrogens is 216 g/mol. The van der Waals surface area contributed by atoms with Gasteiger partial charge < -0.3 is 9.32 Å². The average molecular weight is 237 g/mol. The Hall–Kier alpha value is -0.0900. The van der Waals surface area contributed by atoms with Gasteiger partial charge in [-0.3, -0.25) is 0 Å². The third kappa shape index (κ3) is 13.9.